The number of benzene rings is 1. The second-order valence-electron chi connectivity index (χ2n) is 3.88. The summed E-state index contributed by atoms with van der Waals surface area (Å²) < 4.78 is 11.0. The van der Waals surface area contributed by atoms with Gasteiger partial charge in [-0.05, 0) is 17.6 Å². The van der Waals surface area contributed by atoms with Gasteiger partial charge in [-0.1, -0.05) is 12.1 Å². The zero-order valence-electron chi connectivity index (χ0n) is 9.00. The predicted octanol–water partition coefficient (Wildman–Crippen LogP) is -0.0758. The maximum absolute atomic E-state index is 9.03. The van der Waals surface area contributed by atoms with Crippen LogP contribution in [0.15, 0.2) is 24.3 Å². The lowest BCUT2D eigenvalue weighted by Gasteiger charge is -2.23. The van der Waals surface area contributed by atoms with E-state index in [0.717, 1.165) is 26.1 Å². The van der Waals surface area contributed by atoms with Crippen molar-refractivity contribution in [3.05, 3.63) is 24.3 Å². The highest BCUT2D eigenvalue weighted by Crippen LogP contribution is 2.16. The third kappa shape index (κ3) is 2.98. The van der Waals surface area contributed by atoms with Crippen LogP contribution in [0, 0.1) is 0 Å². The molecule has 16 heavy (non-hydrogen) atoms. The smallest absolute Gasteiger partial charge is 0.488 e. The molecule has 0 amide bonds. The van der Waals surface area contributed by atoms with Crippen LogP contribution in [0.25, 0.3) is 0 Å². The van der Waals surface area contributed by atoms with Crippen molar-refractivity contribution in [3.63, 3.8) is 0 Å². The Kier molecular flexibility index (Phi) is 3.82. The van der Waals surface area contributed by atoms with Crippen LogP contribution < -0.4 is 10.2 Å². The van der Waals surface area contributed by atoms with E-state index in [1.165, 1.54) is 0 Å². The van der Waals surface area contributed by atoms with Crippen molar-refractivity contribution in [1.29, 1.82) is 0 Å². The average molecular weight is 222 g/mol. The quantitative estimate of drug-likeness (QED) is 0.702. The Hall–Kier alpha value is -1.04. The third-order valence-electron chi connectivity index (χ3n) is 2.63. The molecule has 1 saturated heterocycles. The SMILES string of the molecule is OB(O)c1cccc(OC2CCOCC2)c1. The molecule has 0 radical (unpaired) electrons. The lowest BCUT2D eigenvalue weighted by atomic mass is 9.80. The van der Waals surface area contributed by atoms with Crippen LogP contribution in [0.5, 0.6) is 5.75 Å². The fourth-order valence-electron chi connectivity index (χ4n) is 1.73. The maximum Gasteiger partial charge on any atom is 0.488 e. The van der Waals surface area contributed by atoms with Crippen molar-refractivity contribution in [2.24, 2.45) is 0 Å². The summed E-state index contributed by atoms with van der Waals surface area (Å²) >= 11 is 0. The molecule has 2 rings (SSSR count). The van der Waals surface area contributed by atoms with E-state index < -0.39 is 7.12 Å². The third-order valence-corrected chi connectivity index (χ3v) is 2.63. The molecule has 1 heterocycles. The summed E-state index contributed by atoms with van der Waals surface area (Å²) in [6, 6.07) is 6.88. The molecule has 1 aromatic rings. The first-order valence-corrected chi connectivity index (χ1v) is 5.46. The molecular formula is C11H15BO4. The van der Waals surface area contributed by atoms with E-state index in [-0.39, 0.29) is 6.10 Å². The second kappa shape index (κ2) is 5.34. The first-order valence-electron chi connectivity index (χ1n) is 5.46. The molecule has 4 nitrogen and oxygen atoms in total. The van der Waals surface area contributed by atoms with Gasteiger partial charge in [-0.15, -0.1) is 0 Å². The van der Waals surface area contributed by atoms with Crippen molar-refractivity contribution >= 4 is 12.6 Å². The van der Waals surface area contributed by atoms with Gasteiger partial charge >= 0.3 is 7.12 Å². The topological polar surface area (TPSA) is 58.9 Å². The van der Waals surface area contributed by atoms with Gasteiger partial charge in [0, 0.05) is 12.8 Å². The monoisotopic (exact) mass is 222 g/mol. The molecule has 0 aromatic heterocycles. The van der Waals surface area contributed by atoms with Crippen molar-refractivity contribution in [1.82, 2.24) is 0 Å². The Morgan fingerprint density at radius 2 is 2.00 bits per heavy atom. The molecule has 1 aromatic carbocycles. The van der Waals surface area contributed by atoms with Crippen molar-refractivity contribution in [2.75, 3.05) is 13.2 Å². The van der Waals surface area contributed by atoms with Crippen LogP contribution in [0.1, 0.15) is 12.8 Å². The van der Waals surface area contributed by atoms with Gasteiger partial charge in [0.25, 0.3) is 0 Å². The molecule has 0 bridgehead atoms. The van der Waals surface area contributed by atoms with Crippen molar-refractivity contribution in [3.8, 4) is 5.75 Å². The van der Waals surface area contributed by atoms with Gasteiger partial charge in [0.15, 0.2) is 0 Å². The Morgan fingerprint density at radius 3 is 2.69 bits per heavy atom. The summed E-state index contributed by atoms with van der Waals surface area (Å²) in [5.74, 6) is 0.678. The summed E-state index contributed by atoms with van der Waals surface area (Å²) in [6.07, 6.45) is 1.93. The molecule has 1 aliphatic heterocycles. The number of rotatable bonds is 3. The zero-order chi connectivity index (χ0) is 11.4. The molecule has 0 unspecified atom stereocenters. The first-order chi connectivity index (χ1) is 7.75. The first kappa shape index (κ1) is 11.5. The molecule has 0 aliphatic carbocycles. The zero-order valence-corrected chi connectivity index (χ0v) is 9.00. The minimum atomic E-state index is -1.45. The normalized spacial score (nSPS) is 17.1. The fourth-order valence-corrected chi connectivity index (χ4v) is 1.73. The van der Waals surface area contributed by atoms with E-state index in [4.69, 9.17) is 19.5 Å². The van der Waals surface area contributed by atoms with Crippen molar-refractivity contribution < 1.29 is 19.5 Å². The highest BCUT2D eigenvalue weighted by atomic mass is 16.5. The van der Waals surface area contributed by atoms with Gasteiger partial charge in [0.05, 0.1) is 13.2 Å². The van der Waals surface area contributed by atoms with E-state index in [9.17, 15) is 0 Å². The molecule has 1 fully saturated rings. The molecule has 1 aliphatic rings. The minimum Gasteiger partial charge on any atom is -0.490 e. The number of ether oxygens (including phenoxy) is 2. The number of hydrogen-bond acceptors (Lipinski definition) is 4. The van der Waals surface area contributed by atoms with Gasteiger partial charge in [0.1, 0.15) is 11.9 Å². The molecule has 0 saturated carbocycles. The highest BCUT2D eigenvalue weighted by molar-refractivity contribution is 6.58. The molecule has 0 spiro atoms. The van der Waals surface area contributed by atoms with Crippen LogP contribution in [-0.4, -0.2) is 36.5 Å². The van der Waals surface area contributed by atoms with Gasteiger partial charge < -0.3 is 19.5 Å². The number of hydrogen-bond donors (Lipinski definition) is 2. The van der Waals surface area contributed by atoms with Crippen LogP contribution in [-0.2, 0) is 4.74 Å². The summed E-state index contributed by atoms with van der Waals surface area (Å²) in [5, 5.41) is 18.1. The Balaban J connectivity index is 2.00. The summed E-state index contributed by atoms with van der Waals surface area (Å²) in [7, 11) is -1.45. The van der Waals surface area contributed by atoms with E-state index in [2.05, 4.69) is 0 Å². The Morgan fingerprint density at radius 1 is 1.25 bits per heavy atom. The van der Waals surface area contributed by atoms with E-state index in [1.807, 2.05) is 6.07 Å². The van der Waals surface area contributed by atoms with Crippen molar-refractivity contribution in [2.45, 2.75) is 18.9 Å². The molecular weight excluding hydrogens is 207 g/mol. The molecule has 0 atom stereocenters. The Bertz CT molecular complexity index is 337. The van der Waals surface area contributed by atoms with Crippen LogP contribution in [0.3, 0.4) is 0 Å². The largest absolute Gasteiger partial charge is 0.490 e. The van der Waals surface area contributed by atoms with Gasteiger partial charge in [0.2, 0.25) is 0 Å². The van der Waals surface area contributed by atoms with E-state index in [0.29, 0.717) is 11.2 Å². The molecule has 86 valence electrons. The van der Waals surface area contributed by atoms with Crippen LogP contribution in [0.4, 0.5) is 0 Å². The van der Waals surface area contributed by atoms with Gasteiger partial charge in [-0.2, -0.15) is 0 Å². The van der Waals surface area contributed by atoms with E-state index in [1.54, 1.807) is 18.2 Å². The summed E-state index contributed by atoms with van der Waals surface area (Å²) in [6.45, 7) is 1.46. The molecule has 2 N–H and O–H groups in total. The lowest BCUT2D eigenvalue weighted by molar-refractivity contribution is 0.0256. The van der Waals surface area contributed by atoms with Crippen LogP contribution in [0.2, 0.25) is 0 Å². The Labute approximate surface area is 95.0 Å². The fraction of sp³-hybridized carbons (Fsp3) is 0.455. The highest BCUT2D eigenvalue weighted by Gasteiger charge is 2.16. The van der Waals surface area contributed by atoms with Gasteiger partial charge in [-0.25, -0.2) is 0 Å². The lowest BCUT2D eigenvalue weighted by Crippen LogP contribution is -2.30. The molecule has 5 heteroatoms. The standard InChI is InChI=1S/C11H15BO4/c13-12(14)9-2-1-3-11(8-9)16-10-4-6-15-7-5-10/h1-3,8,10,13-14H,4-7H2. The van der Waals surface area contributed by atoms with Gasteiger partial charge in [-0.3, -0.25) is 0 Å². The summed E-state index contributed by atoms with van der Waals surface area (Å²) in [5.41, 5.74) is 0.449. The summed E-state index contributed by atoms with van der Waals surface area (Å²) in [4.78, 5) is 0. The minimum absolute atomic E-state index is 0.167. The second-order valence-corrected chi connectivity index (χ2v) is 3.88. The van der Waals surface area contributed by atoms with Crippen LogP contribution >= 0.6 is 0 Å². The predicted molar refractivity (Wildman–Crippen MR) is 60.7 cm³/mol. The van der Waals surface area contributed by atoms with E-state index >= 15 is 0 Å². The average Bonchev–Trinajstić information content (AvgIpc) is 2.30. The maximum atomic E-state index is 9.03.